The lowest BCUT2D eigenvalue weighted by molar-refractivity contribution is 0.243. The molecule has 7 heteroatoms. The molecule has 1 amide bonds. The number of nitrogens with zero attached hydrogens (tertiary/aromatic N) is 5. The van der Waals surface area contributed by atoms with E-state index in [1.807, 2.05) is 67.6 Å². The van der Waals surface area contributed by atoms with Crippen molar-refractivity contribution in [1.29, 1.82) is 0 Å². The minimum atomic E-state index is -0.608. The average Bonchev–Trinajstić information content (AvgIpc) is 3.17. The van der Waals surface area contributed by atoms with Gasteiger partial charge in [0.25, 0.3) is 0 Å². The molecule has 150 valence electrons. The lowest BCUT2D eigenvalue weighted by atomic mass is 10.1. The number of aryl methyl sites for hydroxylation is 1. The van der Waals surface area contributed by atoms with Crippen molar-refractivity contribution in [2.75, 3.05) is 11.4 Å². The van der Waals surface area contributed by atoms with Crippen molar-refractivity contribution in [3.63, 3.8) is 0 Å². The molecular formula is C23H21N5O2. The molecule has 1 aromatic heterocycles. The first-order valence-electron chi connectivity index (χ1n) is 9.66. The fourth-order valence-electron chi connectivity index (χ4n) is 3.16. The van der Waals surface area contributed by atoms with Gasteiger partial charge in [-0.2, -0.15) is 4.68 Å². The van der Waals surface area contributed by atoms with Crippen LogP contribution in [-0.2, 0) is 6.42 Å². The predicted molar refractivity (Wildman–Crippen MR) is 115 cm³/mol. The second kappa shape index (κ2) is 8.57. The number of para-hydroxylation sites is 1. The number of tetrazole rings is 1. The lowest BCUT2D eigenvalue weighted by Crippen LogP contribution is -2.42. The first kappa shape index (κ1) is 19.3. The number of anilines is 1. The van der Waals surface area contributed by atoms with Gasteiger partial charge in [-0.05, 0) is 53.6 Å². The number of aromatic nitrogens is 4. The standard InChI is InChI=1S/C23H21N5O2/c1-18-12-14-20(15-13-18)26(17-16-19-8-4-2-5-9-19)22(29)28-23(30)27(24-25-28)21-10-6-3-7-11-21/h2-15H,16-17H2,1H3. The summed E-state index contributed by atoms with van der Waals surface area (Å²) >= 11 is 0. The van der Waals surface area contributed by atoms with Gasteiger partial charge in [0.15, 0.2) is 0 Å². The van der Waals surface area contributed by atoms with Crippen LogP contribution in [0.25, 0.3) is 5.69 Å². The van der Waals surface area contributed by atoms with Crippen LogP contribution in [0.1, 0.15) is 11.1 Å². The summed E-state index contributed by atoms with van der Waals surface area (Å²) in [5.74, 6) is 0. The van der Waals surface area contributed by atoms with Crippen LogP contribution < -0.4 is 10.6 Å². The maximum atomic E-state index is 13.3. The molecule has 0 radical (unpaired) electrons. The number of carbonyl (C=O) groups excluding carboxylic acids is 1. The van der Waals surface area contributed by atoms with E-state index in [1.54, 1.807) is 29.2 Å². The van der Waals surface area contributed by atoms with Crippen molar-refractivity contribution in [3.8, 4) is 5.69 Å². The van der Waals surface area contributed by atoms with E-state index in [9.17, 15) is 9.59 Å². The van der Waals surface area contributed by atoms with Gasteiger partial charge in [-0.3, -0.25) is 4.90 Å². The Hall–Kier alpha value is -4.00. The number of carbonyl (C=O) groups is 1. The third-order valence-corrected chi connectivity index (χ3v) is 4.81. The summed E-state index contributed by atoms with van der Waals surface area (Å²) in [5.41, 5.74) is 2.82. The van der Waals surface area contributed by atoms with E-state index in [0.29, 0.717) is 24.3 Å². The number of rotatable bonds is 5. The molecule has 0 N–H and O–H groups in total. The molecule has 0 spiro atoms. The van der Waals surface area contributed by atoms with Crippen LogP contribution in [0.5, 0.6) is 0 Å². The SMILES string of the molecule is Cc1ccc(N(CCc2ccccc2)C(=O)n2nnn(-c3ccccc3)c2=O)cc1. The van der Waals surface area contributed by atoms with Crippen LogP contribution in [0.3, 0.4) is 0 Å². The summed E-state index contributed by atoms with van der Waals surface area (Å²) in [5, 5.41) is 7.72. The molecule has 4 aromatic rings. The van der Waals surface area contributed by atoms with E-state index in [4.69, 9.17) is 0 Å². The van der Waals surface area contributed by atoms with Gasteiger partial charge in [0.05, 0.1) is 5.69 Å². The minimum Gasteiger partial charge on any atom is -0.292 e. The zero-order chi connectivity index (χ0) is 20.9. The molecular weight excluding hydrogens is 378 g/mol. The van der Waals surface area contributed by atoms with Gasteiger partial charge >= 0.3 is 11.7 Å². The topological polar surface area (TPSA) is 73.0 Å². The largest absolute Gasteiger partial charge is 0.377 e. The average molecular weight is 399 g/mol. The van der Waals surface area contributed by atoms with Gasteiger partial charge in [-0.1, -0.05) is 66.2 Å². The maximum Gasteiger partial charge on any atom is 0.377 e. The zero-order valence-corrected chi connectivity index (χ0v) is 16.5. The van der Waals surface area contributed by atoms with E-state index in [2.05, 4.69) is 10.4 Å². The van der Waals surface area contributed by atoms with Crippen molar-refractivity contribution in [1.82, 2.24) is 19.8 Å². The fourth-order valence-corrected chi connectivity index (χ4v) is 3.16. The van der Waals surface area contributed by atoms with E-state index >= 15 is 0 Å². The molecule has 1 heterocycles. The van der Waals surface area contributed by atoms with Crippen LogP contribution in [0.4, 0.5) is 10.5 Å². The summed E-state index contributed by atoms with van der Waals surface area (Å²) in [6, 6.07) is 25.8. The predicted octanol–water partition coefficient (Wildman–Crippen LogP) is 3.45. The fraction of sp³-hybridized carbons (Fsp3) is 0.130. The van der Waals surface area contributed by atoms with Gasteiger partial charge in [0, 0.05) is 12.2 Å². The lowest BCUT2D eigenvalue weighted by Gasteiger charge is -2.22. The van der Waals surface area contributed by atoms with Crippen molar-refractivity contribution in [2.45, 2.75) is 13.3 Å². The Morgan fingerprint density at radius 2 is 1.50 bits per heavy atom. The summed E-state index contributed by atoms with van der Waals surface area (Å²) in [6.07, 6.45) is 0.641. The molecule has 0 aliphatic heterocycles. The number of amides is 1. The molecule has 0 atom stereocenters. The second-order valence-corrected chi connectivity index (χ2v) is 6.93. The van der Waals surface area contributed by atoms with Crippen molar-refractivity contribution in [3.05, 3.63) is 107 Å². The van der Waals surface area contributed by atoms with Crippen LogP contribution in [0.15, 0.2) is 89.7 Å². The Balaban J connectivity index is 1.66. The van der Waals surface area contributed by atoms with Gasteiger partial charge < -0.3 is 0 Å². The highest BCUT2D eigenvalue weighted by atomic mass is 16.2. The molecule has 7 nitrogen and oxygen atoms in total. The Labute approximate surface area is 173 Å². The van der Waals surface area contributed by atoms with Crippen molar-refractivity contribution in [2.24, 2.45) is 0 Å². The number of benzene rings is 3. The molecule has 0 saturated carbocycles. The number of hydrogen-bond acceptors (Lipinski definition) is 4. The molecule has 0 aliphatic carbocycles. The molecule has 3 aromatic carbocycles. The van der Waals surface area contributed by atoms with Gasteiger partial charge in [0.1, 0.15) is 0 Å². The van der Waals surface area contributed by atoms with Crippen LogP contribution in [0.2, 0.25) is 0 Å². The molecule has 0 fully saturated rings. The molecule has 0 bridgehead atoms. The Bertz CT molecular complexity index is 1180. The van der Waals surface area contributed by atoms with Gasteiger partial charge in [-0.25, -0.2) is 9.59 Å². The summed E-state index contributed by atoms with van der Waals surface area (Å²) in [6.45, 7) is 2.38. The quantitative estimate of drug-likeness (QED) is 0.482. The van der Waals surface area contributed by atoms with Crippen molar-refractivity contribution < 1.29 is 4.79 Å². The summed E-state index contributed by atoms with van der Waals surface area (Å²) < 4.78 is 1.92. The Morgan fingerprint density at radius 3 is 2.17 bits per heavy atom. The Kier molecular flexibility index (Phi) is 5.52. The first-order chi connectivity index (χ1) is 14.6. The zero-order valence-electron chi connectivity index (χ0n) is 16.5. The molecule has 0 unspecified atom stereocenters. The minimum absolute atomic E-state index is 0.399. The monoisotopic (exact) mass is 399 g/mol. The highest BCUT2D eigenvalue weighted by Gasteiger charge is 2.23. The maximum absolute atomic E-state index is 13.3. The normalized spacial score (nSPS) is 10.7. The summed E-state index contributed by atoms with van der Waals surface area (Å²) in [7, 11) is 0. The number of hydrogen-bond donors (Lipinski definition) is 0. The third-order valence-electron chi connectivity index (χ3n) is 4.81. The first-order valence-corrected chi connectivity index (χ1v) is 9.66. The van der Waals surface area contributed by atoms with Crippen LogP contribution in [-0.4, -0.2) is 32.4 Å². The molecule has 0 aliphatic rings. The van der Waals surface area contributed by atoms with Crippen LogP contribution >= 0.6 is 0 Å². The molecule has 30 heavy (non-hydrogen) atoms. The van der Waals surface area contributed by atoms with E-state index < -0.39 is 11.7 Å². The van der Waals surface area contributed by atoms with Gasteiger partial charge in [-0.15, -0.1) is 4.68 Å². The molecule has 4 rings (SSSR count). The highest BCUT2D eigenvalue weighted by molar-refractivity contribution is 5.92. The smallest absolute Gasteiger partial charge is 0.292 e. The van der Waals surface area contributed by atoms with E-state index in [-0.39, 0.29) is 0 Å². The summed E-state index contributed by atoms with van der Waals surface area (Å²) in [4.78, 5) is 27.7. The Morgan fingerprint density at radius 1 is 0.867 bits per heavy atom. The van der Waals surface area contributed by atoms with E-state index in [0.717, 1.165) is 20.5 Å². The van der Waals surface area contributed by atoms with Crippen molar-refractivity contribution >= 4 is 11.7 Å². The highest BCUT2D eigenvalue weighted by Crippen LogP contribution is 2.17. The third kappa shape index (κ3) is 4.05. The molecule has 0 saturated heterocycles. The van der Waals surface area contributed by atoms with Crippen LogP contribution in [0, 0.1) is 6.92 Å². The van der Waals surface area contributed by atoms with E-state index in [1.165, 1.54) is 0 Å². The second-order valence-electron chi connectivity index (χ2n) is 6.93. The van der Waals surface area contributed by atoms with Gasteiger partial charge in [0.2, 0.25) is 0 Å².